The predicted molar refractivity (Wildman–Crippen MR) is 96.0 cm³/mol. The van der Waals surface area contributed by atoms with Gasteiger partial charge >= 0.3 is 12.2 Å². The summed E-state index contributed by atoms with van der Waals surface area (Å²) in [6, 6.07) is 11.6. The minimum Gasteiger partial charge on any atom is -0.311 e. The highest BCUT2D eigenvalue weighted by Gasteiger charge is 2.38. The molecule has 0 aliphatic carbocycles. The van der Waals surface area contributed by atoms with Gasteiger partial charge in [-0.1, -0.05) is 28.1 Å². The lowest BCUT2D eigenvalue weighted by atomic mass is 10.3. The highest BCUT2D eigenvalue weighted by atomic mass is 79.9. The molecule has 0 fully saturated rings. The quantitative estimate of drug-likeness (QED) is 0.641. The Balaban J connectivity index is 1.75. The minimum absolute atomic E-state index is 0.108. The van der Waals surface area contributed by atoms with E-state index in [2.05, 4.69) is 26.2 Å². The Kier molecular flexibility index (Phi) is 5.17. The van der Waals surface area contributed by atoms with E-state index in [0.29, 0.717) is 5.69 Å². The summed E-state index contributed by atoms with van der Waals surface area (Å²) in [6.07, 6.45) is -4.74. The summed E-state index contributed by atoms with van der Waals surface area (Å²) in [5.74, 6) is -2.11. The number of halogens is 4. The van der Waals surface area contributed by atoms with Gasteiger partial charge in [-0.2, -0.15) is 13.2 Å². The van der Waals surface area contributed by atoms with E-state index >= 15 is 0 Å². The van der Waals surface area contributed by atoms with Crippen LogP contribution in [0.5, 0.6) is 0 Å². The number of rotatable bonds is 3. The molecule has 0 saturated heterocycles. The number of alkyl halides is 3. The molecule has 27 heavy (non-hydrogen) atoms. The van der Waals surface area contributed by atoms with E-state index in [-0.39, 0.29) is 11.0 Å². The zero-order valence-electron chi connectivity index (χ0n) is 13.5. The van der Waals surface area contributed by atoms with Gasteiger partial charge in [0, 0.05) is 10.2 Å². The van der Waals surface area contributed by atoms with Crippen LogP contribution < -0.4 is 10.6 Å². The molecule has 2 N–H and O–H groups in total. The Morgan fingerprint density at radius 3 is 2.41 bits per heavy atom. The summed E-state index contributed by atoms with van der Waals surface area (Å²) in [5.41, 5.74) is 0.679. The molecular weight excluding hydrogens is 429 g/mol. The first-order valence-corrected chi connectivity index (χ1v) is 8.42. The number of urea groups is 1. The summed E-state index contributed by atoms with van der Waals surface area (Å²) in [6.45, 7) is -0.705. The number of carbonyl (C=O) groups is 2. The molecule has 140 valence electrons. The van der Waals surface area contributed by atoms with Crippen molar-refractivity contribution in [2.45, 2.75) is 12.7 Å². The van der Waals surface area contributed by atoms with Gasteiger partial charge in [0.25, 0.3) is 0 Å². The van der Waals surface area contributed by atoms with Crippen LogP contribution in [-0.4, -0.2) is 21.5 Å². The van der Waals surface area contributed by atoms with Gasteiger partial charge in [-0.25, -0.2) is 9.78 Å². The molecule has 0 aliphatic heterocycles. The number of nitrogens with one attached hydrogen (secondary N) is 2. The van der Waals surface area contributed by atoms with E-state index in [0.717, 1.165) is 9.04 Å². The van der Waals surface area contributed by atoms with E-state index in [1.54, 1.807) is 36.4 Å². The molecule has 0 aliphatic rings. The SMILES string of the molecule is O=C(Cn1c(C(F)(F)F)nc2ccccc21)NC(=O)Nc1ccc(Br)cc1. The number of hydrogen-bond acceptors (Lipinski definition) is 3. The number of amides is 3. The van der Waals surface area contributed by atoms with E-state index in [1.165, 1.54) is 12.1 Å². The first kappa shape index (κ1) is 18.9. The van der Waals surface area contributed by atoms with E-state index in [1.807, 2.05) is 5.32 Å². The Morgan fingerprint density at radius 2 is 1.74 bits per heavy atom. The summed E-state index contributed by atoms with van der Waals surface area (Å²) < 4.78 is 41.2. The fourth-order valence-corrected chi connectivity index (χ4v) is 2.72. The van der Waals surface area contributed by atoms with Crippen molar-refractivity contribution in [3.8, 4) is 0 Å². The Morgan fingerprint density at radius 1 is 1.07 bits per heavy atom. The first-order chi connectivity index (χ1) is 12.7. The minimum atomic E-state index is -4.74. The number of para-hydroxylation sites is 2. The smallest absolute Gasteiger partial charge is 0.311 e. The fourth-order valence-electron chi connectivity index (χ4n) is 2.46. The third kappa shape index (κ3) is 4.45. The topological polar surface area (TPSA) is 76.0 Å². The van der Waals surface area contributed by atoms with Crippen LogP contribution in [0.2, 0.25) is 0 Å². The highest BCUT2D eigenvalue weighted by Crippen LogP contribution is 2.31. The van der Waals surface area contributed by atoms with Crippen molar-refractivity contribution in [1.29, 1.82) is 0 Å². The molecule has 0 spiro atoms. The van der Waals surface area contributed by atoms with Gasteiger partial charge in [0.1, 0.15) is 6.54 Å². The van der Waals surface area contributed by atoms with E-state index < -0.39 is 30.5 Å². The maximum absolute atomic E-state index is 13.2. The van der Waals surface area contributed by atoms with E-state index in [4.69, 9.17) is 0 Å². The van der Waals surface area contributed by atoms with Gasteiger partial charge in [-0.05, 0) is 36.4 Å². The third-order valence-electron chi connectivity index (χ3n) is 3.56. The van der Waals surface area contributed by atoms with Crippen LogP contribution in [0.1, 0.15) is 5.82 Å². The number of imide groups is 1. The van der Waals surface area contributed by atoms with E-state index in [9.17, 15) is 22.8 Å². The Labute approximate surface area is 159 Å². The number of carbonyl (C=O) groups excluding carboxylic acids is 2. The van der Waals surface area contributed by atoms with Gasteiger partial charge < -0.3 is 9.88 Å². The molecule has 2 aromatic carbocycles. The van der Waals surface area contributed by atoms with Crippen LogP contribution in [0.3, 0.4) is 0 Å². The average molecular weight is 441 g/mol. The summed E-state index contributed by atoms with van der Waals surface area (Å²) in [5, 5.41) is 4.43. The monoisotopic (exact) mass is 440 g/mol. The standard InChI is InChI=1S/C17H12BrF3N4O2/c18-10-5-7-11(8-6-10)22-16(27)24-14(26)9-25-13-4-2-1-3-12(13)23-15(25)17(19,20)21/h1-8H,9H2,(H2,22,24,26,27). The molecule has 1 heterocycles. The molecule has 10 heteroatoms. The van der Waals surface area contributed by atoms with Gasteiger partial charge in [0.15, 0.2) is 0 Å². The highest BCUT2D eigenvalue weighted by molar-refractivity contribution is 9.10. The second-order valence-electron chi connectivity index (χ2n) is 5.52. The van der Waals surface area contributed by atoms with Gasteiger partial charge in [0.05, 0.1) is 11.0 Å². The maximum Gasteiger partial charge on any atom is 0.449 e. The summed E-state index contributed by atoms with van der Waals surface area (Å²) >= 11 is 3.24. The van der Waals surface area contributed by atoms with Gasteiger partial charge in [-0.15, -0.1) is 0 Å². The number of nitrogens with zero attached hydrogens (tertiary/aromatic N) is 2. The Bertz CT molecular complexity index is 1000. The first-order valence-electron chi connectivity index (χ1n) is 7.63. The molecule has 0 unspecified atom stereocenters. The van der Waals surface area contributed by atoms with Crippen molar-refractivity contribution in [1.82, 2.24) is 14.9 Å². The molecular formula is C17H12BrF3N4O2. The number of fused-ring (bicyclic) bond motifs is 1. The number of hydrogen-bond donors (Lipinski definition) is 2. The van der Waals surface area contributed by atoms with Crippen LogP contribution in [0.25, 0.3) is 11.0 Å². The van der Waals surface area contributed by atoms with Crippen molar-refractivity contribution in [3.05, 3.63) is 58.8 Å². The molecule has 0 saturated carbocycles. The van der Waals surface area contributed by atoms with Crippen LogP contribution in [0, 0.1) is 0 Å². The van der Waals surface area contributed by atoms with Crippen LogP contribution >= 0.6 is 15.9 Å². The summed E-state index contributed by atoms with van der Waals surface area (Å²) in [7, 11) is 0. The van der Waals surface area contributed by atoms with Crippen LogP contribution in [0.4, 0.5) is 23.7 Å². The molecule has 1 aromatic heterocycles. The van der Waals surface area contributed by atoms with Crippen LogP contribution in [-0.2, 0) is 17.5 Å². The second kappa shape index (κ2) is 7.39. The van der Waals surface area contributed by atoms with Gasteiger partial charge in [-0.3, -0.25) is 10.1 Å². The van der Waals surface area contributed by atoms with Crippen molar-refractivity contribution in [2.75, 3.05) is 5.32 Å². The largest absolute Gasteiger partial charge is 0.449 e. The normalized spacial score (nSPS) is 11.4. The molecule has 3 amide bonds. The fraction of sp³-hybridized carbons (Fsp3) is 0.118. The van der Waals surface area contributed by atoms with Gasteiger partial charge in [0.2, 0.25) is 11.7 Å². The molecule has 0 bridgehead atoms. The van der Waals surface area contributed by atoms with Crippen LogP contribution in [0.15, 0.2) is 53.0 Å². The van der Waals surface area contributed by atoms with Crippen molar-refractivity contribution in [3.63, 3.8) is 0 Å². The molecule has 3 rings (SSSR count). The number of aromatic nitrogens is 2. The van der Waals surface area contributed by atoms with Crippen molar-refractivity contribution >= 4 is 44.6 Å². The lowest BCUT2D eigenvalue weighted by Gasteiger charge is -2.11. The zero-order valence-corrected chi connectivity index (χ0v) is 15.1. The number of anilines is 1. The number of imidazole rings is 1. The van der Waals surface area contributed by atoms with Crippen molar-refractivity contribution < 1.29 is 22.8 Å². The van der Waals surface area contributed by atoms with Crippen molar-refractivity contribution in [2.24, 2.45) is 0 Å². The average Bonchev–Trinajstić information content (AvgIpc) is 2.96. The summed E-state index contributed by atoms with van der Waals surface area (Å²) in [4.78, 5) is 27.5. The molecule has 0 radical (unpaired) electrons. The number of benzene rings is 2. The molecule has 3 aromatic rings. The zero-order chi connectivity index (χ0) is 19.6. The third-order valence-corrected chi connectivity index (χ3v) is 4.09. The molecule has 0 atom stereocenters. The predicted octanol–water partition coefficient (Wildman–Crippen LogP) is 4.17. The maximum atomic E-state index is 13.2. The molecule has 6 nitrogen and oxygen atoms in total. The Hall–Kier alpha value is -2.88. The lowest BCUT2D eigenvalue weighted by Crippen LogP contribution is -2.37. The lowest BCUT2D eigenvalue weighted by molar-refractivity contribution is -0.147. The second-order valence-corrected chi connectivity index (χ2v) is 6.43.